The molecule has 1 aromatic heterocycles. The molecule has 0 aliphatic heterocycles. The Morgan fingerprint density at radius 1 is 1.22 bits per heavy atom. The van der Waals surface area contributed by atoms with Crippen LogP contribution in [0.1, 0.15) is 52.9 Å². The highest BCUT2D eigenvalue weighted by Crippen LogP contribution is 2.14. The summed E-state index contributed by atoms with van der Waals surface area (Å²) in [6.07, 6.45) is 6.44. The average molecular weight is 250 g/mol. The predicted octanol–water partition coefficient (Wildman–Crippen LogP) is 4.25. The number of anilines is 1. The number of ether oxygens (including phenoxy) is 1. The minimum Gasteiger partial charge on any atom is -0.478 e. The van der Waals surface area contributed by atoms with Crippen LogP contribution >= 0.6 is 0 Å². The van der Waals surface area contributed by atoms with Crippen molar-refractivity contribution in [1.82, 2.24) is 4.98 Å². The highest BCUT2D eigenvalue weighted by molar-refractivity contribution is 5.37. The number of hydrogen-bond acceptors (Lipinski definition) is 3. The lowest BCUT2D eigenvalue weighted by atomic mass is 10.1. The minimum absolute atomic E-state index is 0.464. The molecule has 1 N–H and O–H groups in total. The van der Waals surface area contributed by atoms with Gasteiger partial charge in [0.1, 0.15) is 5.82 Å². The van der Waals surface area contributed by atoms with E-state index < -0.39 is 0 Å². The van der Waals surface area contributed by atoms with Crippen molar-refractivity contribution in [1.29, 1.82) is 0 Å². The van der Waals surface area contributed by atoms with Gasteiger partial charge < -0.3 is 10.1 Å². The normalized spacial score (nSPS) is 12.2. The molecule has 1 unspecified atom stereocenters. The number of aromatic nitrogens is 1. The Labute approximate surface area is 111 Å². The molecule has 0 saturated heterocycles. The third-order valence-corrected chi connectivity index (χ3v) is 2.90. The van der Waals surface area contributed by atoms with Gasteiger partial charge in [0.15, 0.2) is 0 Å². The van der Waals surface area contributed by atoms with Crippen LogP contribution < -0.4 is 10.1 Å². The maximum atomic E-state index is 5.39. The Hall–Kier alpha value is -1.25. The van der Waals surface area contributed by atoms with Crippen LogP contribution in [0.2, 0.25) is 0 Å². The number of nitrogens with zero attached hydrogens (tertiary/aromatic N) is 1. The van der Waals surface area contributed by atoms with E-state index in [1.807, 2.05) is 25.1 Å². The molecule has 1 aromatic rings. The van der Waals surface area contributed by atoms with E-state index in [9.17, 15) is 0 Å². The molecule has 1 rings (SSSR count). The van der Waals surface area contributed by atoms with E-state index in [4.69, 9.17) is 4.74 Å². The largest absolute Gasteiger partial charge is 0.478 e. The Morgan fingerprint density at radius 2 is 2.06 bits per heavy atom. The van der Waals surface area contributed by atoms with Gasteiger partial charge in [0.2, 0.25) is 5.88 Å². The molecule has 0 fully saturated rings. The van der Waals surface area contributed by atoms with Gasteiger partial charge in [-0.2, -0.15) is 4.98 Å². The minimum atomic E-state index is 0.464. The molecule has 0 radical (unpaired) electrons. The molecule has 0 spiro atoms. The molecule has 3 heteroatoms. The van der Waals surface area contributed by atoms with Crippen molar-refractivity contribution in [2.24, 2.45) is 0 Å². The molecule has 0 aliphatic carbocycles. The van der Waals surface area contributed by atoms with Gasteiger partial charge in [-0.25, -0.2) is 0 Å². The molecule has 1 heterocycles. The SMILES string of the molecule is CCCCCCC(C)Nc1cccc(OCC)n1. The van der Waals surface area contributed by atoms with Crippen molar-refractivity contribution >= 4 is 5.82 Å². The van der Waals surface area contributed by atoms with Crippen LogP contribution in [-0.2, 0) is 0 Å². The molecule has 3 nitrogen and oxygen atoms in total. The van der Waals surface area contributed by atoms with Crippen molar-refractivity contribution in [3.8, 4) is 5.88 Å². The summed E-state index contributed by atoms with van der Waals surface area (Å²) < 4.78 is 5.39. The fraction of sp³-hybridized carbons (Fsp3) is 0.667. The third-order valence-electron chi connectivity index (χ3n) is 2.90. The zero-order valence-electron chi connectivity index (χ0n) is 11.9. The number of rotatable bonds is 9. The maximum absolute atomic E-state index is 5.39. The Balaban J connectivity index is 2.34. The Bertz CT molecular complexity index is 328. The smallest absolute Gasteiger partial charge is 0.215 e. The molecule has 0 saturated carbocycles. The van der Waals surface area contributed by atoms with E-state index in [0.29, 0.717) is 18.5 Å². The first-order chi connectivity index (χ1) is 8.76. The van der Waals surface area contributed by atoms with Crippen LogP contribution in [0, 0.1) is 0 Å². The predicted molar refractivity (Wildman–Crippen MR) is 77.2 cm³/mol. The third kappa shape index (κ3) is 5.89. The average Bonchev–Trinajstić information content (AvgIpc) is 2.35. The van der Waals surface area contributed by atoms with Crippen LogP contribution in [0.15, 0.2) is 18.2 Å². The van der Waals surface area contributed by atoms with Crippen molar-refractivity contribution in [3.63, 3.8) is 0 Å². The van der Waals surface area contributed by atoms with Crippen LogP contribution in [-0.4, -0.2) is 17.6 Å². The standard InChI is InChI=1S/C15H26N2O/c1-4-6-7-8-10-13(3)16-14-11-9-12-15(17-14)18-5-2/h9,11-13H,4-8,10H2,1-3H3,(H,16,17). The lowest BCUT2D eigenvalue weighted by molar-refractivity contribution is 0.327. The second-order valence-electron chi connectivity index (χ2n) is 4.69. The van der Waals surface area contributed by atoms with Crippen molar-refractivity contribution in [3.05, 3.63) is 18.2 Å². The fourth-order valence-corrected chi connectivity index (χ4v) is 1.93. The van der Waals surface area contributed by atoms with Gasteiger partial charge in [-0.3, -0.25) is 0 Å². The monoisotopic (exact) mass is 250 g/mol. The second kappa shape index (κ2) is 8.78. The summed E-state index contributed by atoms with van der Waals surface area (Å²) in [6, 6.07) is 6.32. The lowest BCUT2D eigenvalue weighted by Crippen LogP contribution is -2.16. The fourth-order valence-electron chi connectivity index (χ4n) is 1.93. The molecule has 102 valence electrons. The lowest BCUT2D eigenvalue weighted by Gasteiger charge is -2.14. The maximum Gasteiger partial charge on any atom is 0.215 e. The molecule has 0 aliphatic rings. The summed E-state index contributed by atoms with van der Waals surface area (Å²) in [5.74, 6) is 1.60. The van der Waals surface area contributed by atoms with E-state index in [1.54, 1.807) is 0 Å². The molecule has 0 aromatic carbocycles. The number of unbranched alkanes of at least 4 members (excludes halogenated alkanes) is 3. The zero-order valence-corrected chi connectivity index (χ0v) is 11.9. The van der Waals surface area contributed by atoms with Crippen molar-refractivity contribution in [2.45, 2.75) is 58.9 Å². The van der Waals surface area contributed by atoms with Crippen LogP contribution in [0.5, 0.6) is 5.88 Å². The number of nitrogens with one attached hydrogen (secondary N) is 1. The van der Waals surface area contributed by atoms with Crippen LogP contribution in [0.4, 0.5) is 5.82 Å². The van der Waals surface area contributed by atoms with Gasteiger partial charge in [-0.15, -0.1) is 0 Å². The van der Waals surface area contributed by atoms with Crippen LogP contribution in [0.25, 0.3) is 0 Å². The summed E-state index contributed by atoms with van der Waals surface area (Å²) in [5.41, 5.74) is 0. The summed E-state index contributed by atoms with van der Waals surface area (Å²) in [6.45, 7) is 7.08. The first-order valence-corrected chi connectivity index (χ1v) is 7.12. The first kappa shape index (κ1) is 14.8. The van der Waals surface area contributed by atoms with E-state index in [0.717, 1.165) is 5.82 Å². The summed E-state index contributed by atoms with van der Waals surface area (Å²) in [7, 11) is 0. The van der Waals surface area contributed by atoms with Gasteiger partial charge in [0.25, 0.3) is 0 Å². The summed E-state index contributed by atoms with van der Waals surface area (Å²) >= 11 is 0. The van der Waals surface area contributed by atoms with E-state index >= 15 is 0 Å². The summed E-state index contributed by atoms with van der Waals surface area (Å²) in [4.78, 5) is 4.41. The molecule has 1 atom stereocenters. The summed E-state index contributed by atoms with van der Waals surface area (Å²) in [5, 5.41) is 3.43. The van der Waals surface area contributed by atoms with Gasteiger partial charge in [-0.1, -0.05) is 38.7 Å². The van der Waals surface area contributed by atoms with Crippen molar-refractivity contribution < 1.29 is 4.74 Å². The Morgan fingerprint density at radius 3 is 2.78 bits per heavy atom. The molecule has 0 bridgehead atoms. The molecular formula is C15H26N2O. The van der Waals surface area contributed by atoms with E-state index in [2.05, 4.69) is 24.1 Å². The van der Waals surface area contributed by atoms with Gasteiger partial charge in [0, 0.05) is 12.1 Å². The molecule has 18 heavy (non-hydrogen) atoms. The zero-order chi connectivity index (χ0) is 13.2. The topological polar surface area (TPSA) is 34.1 Å². The van der Waals surface area contributed by atoms with E-state index in [-0.39, 0.29) is 0 Å². The van der Waals surface area contributed by atoms with Gasteiger partial charge in [-0.05, 0) is 26.3 Å². The van der Waals surface area contributed by atoms with E-state index in [1.165, 1.54) is 32.1 Å². The number of hydrogen-bond donors (Lipinski definition) is 1. The second-order valence-corrected chi connectivity index (χ2v) is 4.69. The van der Waals surface area contributed by atoms with Gasteiger partial charge in [0.05, 0.1) is 6.61 Å². The highest BCUT2D eigenvalue weighted by Gasteiger charge is 2.03. The van der Waals surface area contributed by atoms with Crippen molar-refractivity contribution in [2.75, 3.05) is 11.9 Å². The molecule has 0 amide bonds. The van der Waals surface area contributed by atoms with Gasteiger partial charge >= 0.3 is 0 Å². The first-order valence-electron chi connectivity index (χ1n) is 7.12. The highest BCUT2D eigenvalue weighted by atomic mass is 16.5. The number of pyridine rings is 1. The Kier molecular flexibility index (Phi) is 7.23. The molecular weight excluding hydrogens is 224 g/mol. The van der Waals surface area contributed by atoms with Crippen LogP contribution in [0.3, 0.4) is 0 Å². The quantitative estimate of drug-likeness (QED) is 0.665.